The second kappa shape index (κ2) is 6.23. The predicted octanol–water partition coefficient (Wildman–Crippen LogP) is 1.69. The second-order valence-corrected chi connectivity index (χ2v) is 4.35. The van der Waals surface area contributed by atoms with E-state index in [1.807, 2.05) is 0 Å². The SMILES string of the molecule is C=CCC(CC=C)C(=O)N1CCC(C(=O)O)C1. The van der Waals surface area contributed by atoms with E-state index >= 15 is 0 Å². The average Bonchev–Trinajstić information content (AvgIpc) is 2.77. The van der Waals surface area contributed by atoms with E-state index in [1.165, 1.54) is 0 Å². The highest BCUT2D eigenvalue weighted by molar-refractivity contribution is 5.81. The first-order valence-corrected chi connectivity index (χ1v) is 5.83. The van der Waals surface area contributed by atoms with Crippen LogP contribution in [0.1, 0.15) is 19.3 Å². The van der Waals surface area contributed by atoms with Crippen molar-refractivity contribution in [3.8, 4) is 0 Å². The van der Waals surface area contributed by atoms with Crippen molar-refractivity contribution < 1.29 is 14.7 Å². The van der Waals surface area contributed by atoms with Gasteiger partial charge in [-0.05, 0) is 19.3 Å². The van der Waals surface area contributed by atoms with E-state index in [0.29, 0.717) is 32.4 Å². The fraction of sp³-hybridized carbons (Fsp3) is 0.538. The lowest BCUT2D eigenvalue weighted by atomic mass is 10.00. The second-order valence-electron chi connectivity index (χ2n) is 4.35. The summed E-state index contributed by atoms with van der Waals surface area (Å²) >= 11 is 0. The van der Waals surface area contributed by atoms with Crippen LogP contribution in [-0.4, -0.2) is 35.0 Å². The number of nitrogens with zero attached hydrogens (tertiary/aromatic N) is 1. The standard InChI is InChI=1S/C13H19NO3/c1-3-5-10(6-4-2)12(15)14-8-7-11(9-14)13(16)17/h3-4,10-11H,1-2,5-9H2,(H,16,17). The van der Waals surface area contributed by atoms with E-state index in [-0.39, 0.29) is 11.8 Å². The van der Waals surface area contributed by atoms with Gasteiger partial charge in [0.25, 0.3) is 0 Å². The third-order valence-electron chi connectivity index (χ3n) is 3.10. The molecule has 0 aromatic heterocycles. The molecule has 4 nitrogen and oxygen atoms in total. The number of carbonyl (C=O) groups excluding carboxylic acids is 1. The molecule has 0 radical (unpaired) electrons. The highest BCUT2D eigenvalue weighted by atomic mass is 16.4. The van der Waals surface area contributed by atoms with Crippen molar-refractivity contribution in [1.29, 1.82) is 0 Å². The first kappa shape index (κ1) is 13.5. The van der Waals surface area contributed by atoms with Crippen LogP contribution in [0.4, 0.5) is 0 Å². The number of rotatable bonds is 6. The molecule has 1 N–H and O–H groups in total. The van der Waals surface area contributed by atoms with Gasteiger partial charge in [0.15, 0.2) is 0 Å². The zero-order chi connectivity index (χ0) is 12.8. The highest BCUT2D eigenvalue weighted by Crippen LogP contribution is 2.21. The van der Waals surface area contributed by atoms with Crippen molar-refractivity contribution in [2.45, 2.75) is 19.3 Å². The van der Waals surface area contributed by atoms with Crippen LogP contribution in [0.15, 0.2) is 25.3 Å². The summed E-state index contributed by atoms with van der Waals surface area (Å²) in [6.45, 7) is 8.15. The topological polar surface area (TPSA) is 57.6 Å². The molecular formula is C13H19NO3. The van der Waals surface area contributed by atoms with Crippen LogP contribution in [0, 0.1) is 11.8 Å². The third kappa shape index (κ3) is 3.44. The molecule has 0 aliphatic carbocycles. The molecule has 0 aromatic rings. The minimum absolute atomic E-state index is 0.0218. The van der Waals surface area contributed by atoms with Crippen molar-refractivity contribution in [3.05, 3.63) is 25.3 Å². The summed E-state index contributed by atoms with van der Waals surface area (Å²) in [5.74, 6) is -1.34. The van der Waals surface area contributed by atoms with Crippen LogP contribution in [0.5, 0.6) is 0 Å². The lowest BCUT2D eigenvalue weighted by Gasteiger charge is -2.21. The molecule has 1 unspecified atom stereocenters. The van der Waals surface area contributed by atoms with E-state index in [4.69, 9.17) is 5.11 Å². The summed E-state index contributed by atoms with van der Waals surface area (Å²) in [7, 11) is 0. The summed E-state index contributed by atoms with van der Waals surface area (Å²) < 4.78 is 0. The van der Waals surface area contributed by atoms with Gasteiger partial charge in [0, 0.05) is 19.0 Å². The van der Waals surface area contributed by atoms with Crippen LogP contribution in [0.2, 0.25) is 0 Å². The van der Waals surface area contributed by atoms with Crippen LogP contribution in [0.3, 0.4) is 0 Å². The molecule has 1 aliphatic rings. The van der Waals surface area contributed by atoms with E-state index < -0.39 is 11.9 Å². The molecule has 0 bridgehead atoms. The summed E-state index contributed by atoms with van der Waals surface area (Å²) in [4.78, 5) is 24.6. The Morgan fingerprint density at radius 2 is 1.94 bits per heavy atom. The molecule has 0 saturated carbocycles. The van der Waals surface area contributed by atoms with Crippen LogP contribution < -0.4 is 0 Å². The van der Waals surface area contributed by atoms with Gasteiger partial charge in [0.05, 0.1) is 5.92 Å². The van der Waals surface area contributed by atoms with E-state index in [2.05, 4.69) is 13.2 Å². The molecule has 17 heavy (non-hydrogen) atoms. The molecule has 1 fully saturated rings. The Hall–Kier alpha value is -1.58. The number of carboxylic acids is 1. The highest BCUT2D eigenvalue weighted by Gasteiger charge is 2.33. The lowest BCUT2D eigenvalue weighted by molar-refractivity contribution is -0.141. The molecule has 1 saturated heterocycles. The predicted molar refractivity (Wildman–Crippen MR) is 65.4 cm³/mol. The van der Waals surface area contributed by atoms with E-state index in [0.717, 1.165) is 0 Å². The molecule has 0 spiro atoms. The van der Waals surface area contributed by atoms with Gasteiger partial charge in [-0.25, -0.2) is 0 Å². The Morgan fingerprint density at radius 1 is 1.35 bits per heavy atom. The molecule has 94 valence electrons. The van der Waals surface area contributed by atoms with Crippen LogP contribution in [0.25, 0.3) is 0 Å². The first-order chi connectivity index (χ1) is 8.10. The van der Waals surface area contributed by atoms with Gasteiger partial charge < -0.3 is 10.0 Å². The van der Waals surface area contributed by atoms with Crippen molar-refractivity contribution in [2.75, 3.05) is 13.1 Å². The molecule has 1 heterocycles. The van der Waals surface area contributed by atoms with Gasteiger partial charge in [0.1, 0.15) is 0 Å². The number of allylic oxidation sites excluding steroid dienone is 2. The zero-order valence-corrected chi connectivity index (χ0v) is 9.97. The van der Waals surface area contributed by atoms with Gasteiger partial charge in [-0.3, -0.25) is 9.59 Å². The normalized spacial score (nSPS) is 19.4. The van der Waals surface area contributed by atoms with E-state index in [1.54, 1.807) is 17.1 Å². The minimum atomic E-state index is -0.815. The van der Waals surface area contributed by atoms with Crippen LogP contribution >= 0.6 is 0 Å². The molecule has 4 heteroatoms. The van der Waals surface area contributed by atoms with Gasteiger partial charge in [-0.2, -0.15) is 0 Å². The van der Waals surface area contributed by atoms with Gasteiger partial charge in [0.2, 0.25) is 5.91 Å². The Labute approximate surface area is 102 Å². The molecule has 1 rings (SSSR count). The number of amides is 1. The summed E-state index contributed by atoms with van der Waals surface area (Å²) in [5.41, 5.74) is 0. The Kier molecular flexibility index (Phi) is 4.94. The maximum Gasteiger partial charge on any atom is 0.308 e. The van der Waals surface area contributed by atoms with Crippen molar-refractivity contribution in [1.82, 2.24) is 4.90 Å². The fourth-order valence-electron chi connectivity index (χ4n) is 2.12. The first-order valence-electron chi connectivity index (χ1n) is 5.83. The Bertz CT molecular complexity index is 315. The average molecular weight is 237 g/mol. The summed E-state index contributed by atoms with van der Waals surface area (Å²) in [6.07, 6.45) is 5.21. The lowest BCUT2D eigenvalue weighted by Crippen LogP contribution is -2.34. The summed E-state index contributed by atoms with van der Waals surface area (Å²) in [6, 6.07) is 0. The zero-order valence-electron chi connectivity index (χ0n) is 9.97. The van der Waals surface area contributed by atoms with E-state index in [9.17, 15) is 9.59 Å². The number of hydrogen-bond donors (Lipinski definition) is 1. The van der Waals surface area contributed by atoms with Gasteiger partial charge in [-0.15, -0.1) is 13.2 Å². The quantitative estimate of drug-likeness (QED) is 0.715. The number of aliphatic carboxylic acids is 1. The van der Waals surface area contributed by atoms with Crippen molar-refractivity contribution in [3.63, 3.8) is 0 Å². The largest absolute Gasteiger partial charge is 0.481 e. The summed E-state index contributed by atoms with van der Waals surface area (Å²) in [5, 5.41) is 8.89. The molecular weight excluding hydrogens is 218 g/mol. The molecule has 1 amide bonds. The monoisotopic (exact) mass is 237 g/mol. The van der Waals surface area contributed by atoms with Gasteiger partial charge >= 0.3 is 5.97 Å². The maximum atomic E-state index is 12.1. The van der Waals surface area contributed by atoms with Crippen LogP contribution in [-0.2, 0) is 9.59 Å². The fourth-order valence-corrected chi connectivity index (χ4v) is 2.12. The Balaban J connectivity index is 2.59. The number of carbonyl (C=O) groups is 2. The van der Waals surface area contributed by atoms with Crippen molar-refractivity contribution >= 4 is 11.9 Å². The number of likely N-dealkylation sites (tertiary alicyclic amines) is 1. The molecule has 0 aromatic carbocycles. The molecule has 1 aliphatic heterocycles. The third-order valence-corrected chi connectivity index (χ3v) is 3.10. The molecule has 1 atom stereocenters. The Morgan fingerprint density at radius 3 is 2.35 bits per heavy atom. The minimum Gasteiger partial charge on any atom is -0.481 e. The number of hydrogen-bond acceptors (Lipinski definition) is 2. The smallest absolute Gasteiger partial charge is 0.308 e. The van der Waals surface area contributed by atoms with Crippen molar-refractivity contribution in [2.24, 2.45) is 11.8 Å². The maximum absolute atomic E-state index is 12.1. The number of carboxylic acid groups (broad SMARTS) is 1. The van der Waals surface area contributed by atoms with Gasteiger partial charge in [-0.1, -0.05) is 12.2 Å².